The Morgan fingerprint density at radius 1 is 1.08 bits per heavy atom. The van der Waals surface area contributed by atoms with Crippen LogP contribution in [-0.4, -0.2) is 9.97 Å². The van der Waals surface area contributed by atoms with Gasteiger partial charge in [0.05, 0.1) is 11.0 Å². The molecule has 1 aromatic carbocycles. The van der Waals surface area contributed by atoms with Crippen molar-refractivity contribution >= 4 is 11.0 Å². The summed E-state index contributed by atoms with van der Waals surface area (Å²) in [4.78, 5) is 26.5. The molecule has 0 unspecified atom stereocenters. The Labute approximate surface area is 66.9 Å². The van der Waals surface area contributed by atoms with E-state index >= 15 is 0 Å². The van der Waals surface area contributed by atoms with Crippen LogP contribution in [0.5, 0.6) is 0 Å². The molecule has 0 atom stereocenters. The highest BCUT2D eigenvalue weighted by Gasteiger charge is 1.95. The largest absolute Gasteiger partial charge is 0.316 e. The highest BCUT2D eigenvalue weighted by atomic mass is 16.2. The van der Waals surface area contributed by atoms with Crippen LogP contribution in [0.2, 0.25) is 0 Å². The van der Waals surface area contributed by atoms with Crippen LogP contribution < -0.4 is 11.1 Å². The molecule has 1 aromatic heterocycles. The number of nitrogens with one attached hydrogen (secondary N) is 2. The molecule has 0 aliphatic carbocycles. The number of aromatic amines is 2. The molecule has 4 nitrogen and oxygen atoms in total. The van der Waals surface area contributed by atoms with Gasteiger partial charge in [-0.2, -0.15) is 0 Å². The lowest BCUT2D eigenvalue weighted by Crippen LogP contribution is -2.28. The van der Waals surface area contributed by atoms with Gasteiger partial charge in [-0.25, -0.2) is 0 Å². The summed E-state index contributed by atoms with van der Waals surface area (Å²) in [5.74, 6) is 0. The zero-order valence-electron chi connectivity index (χ0n) is 6.05. The van der Waals surface area contributed by atoms with Crippen molar-refractivity contribution in [2.45, 2.75) is 0 Å². The van der Waals surface area contributed by atoms with Crippen molar-refractivity contribution in [1.82, 2.24) is 9.97 Å². The van der Waals surface area contributed by atoms with Crippen molar-refractivity contribution < 1.29 is 0 Å². The van der Waals surface area contributed by atoms with Gasteiger partial charge in [-0.05, 0) is 18.2 Å². The molecule has 2 rings (SSSR count). The number of hydrogen-bond donors (Lipinski definition) is 2. The monoisotopic (exact) mass is 161 g/mol. The van der Waals surface area contributed by atoms with Crippen molar-refractivity contribution in [3.8, 4) is 0 Å². The van der Waals surface area contributed by atoms with E-state index in [9.17, 15) is 9.59 Å². The lowest BCUT2D eigenvalue weighted by atomic mass is 10.3. The van der Waals surface area contributed by atoms with Crippen molar-refractivity contribution in [2.75, 3.05) is 0 Å². The Morgan fingerprint density at radius 2 is 1.75 bits per heavy atom. The number of H-pyrrole nitrogens is 2. The zero-order chi connectivity index (χ0) is 8.55. The van der Waals surface area contributed by atoms with Crippen molar-refractivity contribution in [2.24, 2.45) is 0 Å². The second-order valence-corrected chi connectivity index (χ2v) is 2.38. The van der Waals surface area contributed by atoms with E-state index in [1.165, 1.54) is 0 Å². The van der Waals surface area contributed by atoms with Crippen LogP contribution >= 0.6 is 0 Å². The number of benzene rings is 1. The molecule has 0 spiro atoms. The van der Waals surface area contributed by atoms with Crippen molar-refractivity contribution in [3.05, 3.63) is 45.0 Å². The molecule has 2 aromatic rings. The van der Waals surface area contributed by atoms with Gasteiger partial charge >= 0.3 is 11.1 Å². The molecule has 0 saturated carbocycles. The summed E-state index contributed by atoms with van der Waals surface area (Å²) >= 11 is 0. The predicted molar refractivity (Wildman–Crippen MR) is 44.0 cm³/mol. The van der Waals surface area contributed by atoms with Crippen LogP contribution in [0.15, 0.2) is 27.8 Å². The van der Waals surface area contributed by atoms with Gasteiger partial charge in [0.2, 0.25) is 0 Å². The molecule has 59 valence electrons. The van der Waals surface area contributed by atoms with Crippen LogP contribution in [0.3, 0.4) is 0 Å². The zero-order valence-corrected chi connectivity index (χ0v) is 6.05. The molecular weight excluding hydrogens is 156 g/mol. The number of hydrogen-bond acceptors (Lipinski definition) is 2. The first kappa shape index (κ1) is 6.84. The Hall–Kier alpha value is -1.84. The fourth-order valence-corrected chi connectivity index (χ4v) is 1.00. The average molecular weight is 161 g/mol. The molecule has 1 heterocycles. The highest BCUT2D eigenvalue weighted by Crippen LogP contribution is 2.01. The van der Waals surface area contributed by atoms with Gasteiger partial charge in [-0.15, -0.1) is 0 Å². The van der Waals surface area contributed by atoms with E-state index in [4.69, 9.17) is 0 Å². The number of rotatable bonds is 0. The summed E-state index contributed by atoms with van der Waals surface area (Å²) in [5, 5.41) is 0. The van der Waals surface area contributed by atoms with Crippen LogP contribution in [-0.2, 0) is 0 Å². The molecular formula is C8H5N2O2. The van der Waals surface area contributed by atoms with Gasteiger partial charge in [0.25, 0.3) is 0 Å². The van der Waals surface area contributed by atoms with E-state index in [1.807, 2.05) is 0 Å². The van der Waals surface area contributed by atoms with Crippen molar-refractivity contribution in [1.29, 1.82) is 0 Å². The summed E-state index contributed by atoms with van der Waals surface area (Å²) in [6.45, 7) is 0. The number of aromatic nitrogens is 2. The van der Waals surface area contributed by atoms with Gasteiger partial charge in [0.15, 0.2) is 0 Å². The van der Waals surface area contributed by atoms with E-state index < -0.39 is 11.1 Å². The third-order valence-corrected chi connectivity index (χ3v) is 1.57. The van der Waals surface area contributed by atoms with E-state index in [2.05, 4.69) is 16.0 Å². The third kappa shape index (κ3) is 0.934. The first-order valence-electron chi connectivity index (χ1n) is 3.40. The van der Waals surface area contributed by atoms with Gasteiger partial charge in [0, 0.05) is 0 Å². The van der Waals surface area contributed by atoms with Gasteiger partial charge < -0.3 is 9.97 Å². The molecule has 0 bridgehead atoms. The maximum absolute atomic E-state index is 10.8. The molecule has 0 saturated heterocycles. The third-order valence-electron chi connectivity index (χ3n) is 1.57. The topological polar surface area (TPSA) is 65.7 Å². The lowest BCUT2D eigenvalue weighted by molar-refractivity contribution is 1.15. The SMILES string of the molecule is O=c1[nH]c2c[c]ccc2[nH]c1=O. The minimum absolute atomic E-state index is 0.585. The fraction of sp³-hybridized carbons (Fsp3) is 0. The van der Waals surface area contributed by atoms with E-state index in [1.54, 1.807) is 18.2 Å². The Kier molecular flexibility index (Phi) is 1.33. The minimum Gasteiger partial charge on any atom is -0.316 e. The smallest absolute Gasteiger partial charge is 0.314 e. The summed E-state index contributed by atoms with van der Waals surface area (Å²) in [6.07, 6.45) is 0. The van der Waals surface area contributed by atoms with E-state index in [-0.39, 0.29) is 0 Å². The summed E-state index contributed by atoms with van der Waals surface area (Å²) in [5.41, 5.74) is -0.0729. The van der Waals surface area contributed by atoms with Crippen LogP contribution in [0, 0.1) is 6.07 Å². The predicted octanol–water partition coefficient (Wildman–Crippen LogP) is 0.0166. The molecule has 0 aliphatic rings. The minimum atomic E-state index is -0.637. The van der Waals surface area contributed by atoms with Crippen LogP contribution in [0.1, 0.15) is 0 Å². The highest BCUT2D eigenvalue weighted by molar-refractivity contribution is 5.72. The molecule has 0 amide bonds. The van der Waals surface area contributed by atoms with Crippen LogP contribution in [0.25, 0.3) is 11.0 Å². The Morgan fingerprint density at radius 3 is 2.50 bits per heavy atom. The molecule has 12 heavy (non-hydrogen) atoms. The quantitative estimate of drug-likeness (QED) is 0.535. The maximum Gasteiger partial charge on any atom is 0.314 e. The molecule has 4 heteroatoms. The van der Waals surface area contributed by atoms with Crippen molar-refractivity contribution in [3.63, 3.8) is 0 Å². The Bertz CT molecular complexity index is 476. The summed E-state index contributed by atoms with van der Waals surface area (Å²) < 4.78 is 0. The molecule has 2 N–H and O–H groups in total. The maximum atomic E-state index is 10.8. The average Bonchev–Trinajstić information content (AvgIpc) is 2.07. The Balaban J connectivity index is 3.03. The first-order valence-corrected chi connectivity index (χ1v) is 3.40. The van der Waals surface area contributed by atoms with Crippen LogP contribution in [0.4, 0.5) is 0 Å². The standard InChI is InChI=1S/C8H5N2O2/c11-7-8(12)10-6-4-2-1-3-5(6)9-7/h1,3-4H,(H,9,11)(H,10,12). The number of fused-ring (bicyclic) bond motifs is 1. The van der Waals surface area contributed by atoms with Gasteiger partial charge in [-0.1, -0.05) is 6.07 Å². The summed E-state index contributed by atoms with van der Waals surface area (Å²) in [7, 11) is 0. The first-order chi connectivity index (χ1) is 5.77. The molecule has 0 aliphatic heterocycles. The van der Waals surface area contributed by atoms with Gasteiger partial charge in [0.1, 0.15) is 0 Å². The molecule has 1 radical (unpaired) electrons. The second kappa shape index (κ2) is 2.34. The summed E-state index contributed by atoms with van der Waals surface area (Å²) in [6, 6.07) is 7.73. The fourth-order valence-electron chi connectivity index (χ4n) is 1.00. The van der Waals surface area contributed by atoms with E-state index in [0.29, 0.717) is 11.0 Å². The second-order valence-electron chi connectivity index (χ2n) is 2.38. The van der Waals surface area contributed by atoms with E-state index in [0.717, 1.165) is 0 Å². The lowest BCUT2D eigenvalue weighted by Gasteiger charge is -1.93. The normalized spacial score (nSPS) is 10.3. The van der Waals surface area contributed by atoms with Gasteiger partial charge in [-0.3, -0.25) is 9.59 Å². The molecule has 0 fully saturated rings.